The average Bonchev–Trinajstić information content (AvgIpc) is 3.32. The van der Waals surface area contributed by atoms with Crippen LogP contribution in [-0.2, 0) is 16.6 Å². The number of benzene rings is 1. The molecule has 0 unspecified atom stereocenters. The van der Waals surface area contributed by atoms with E-state index in [2.05, 4.69) is 23.0 Å². The summed E-state index contributed by atoms with van der Waals surface area (Å²) in [6, 6.07) is 7.99. The number of nitrogens with one attached hydrogen (secondary N) is 1. The summed E-state index contributed by atoms with van der Waals surface area (Å²) >= 11 is 0. The molecule has 2 aromatic heterocycles. The van der Waals surface area contributed by atoms with Crippen LogP contribution in [-0.4, -0.2) is 30.2 Å². The molecule has 0 spiro atoms. The van der Waals surface area contributed by atoms with Crippen LogP contribution in [0.25, 0.3) is 10.9 Å². The largest absolute Gasteiger partial charge is 0.497 e. The van der Waals surface area contributed by atoms with Crippen molar-refractivity contribution in [3.05, 3.63) is 59.0 Å². The number of hydrogen-bond donors (Lipinski definition) is 1. The molecule has 1 saturated carbocycles. The zero-order valence-electron chi connectivity index (χ0n) is 15.3. The number of carbonyl (C=O) groups is 1. The van der Waals surface area contributed by atoms with Gasteiger partial charge in [-0.05, 0) is 42.2 Å². The summed E-state index contributed by atoms with van der Waals surface area (Å²) in [5.41, 5.74) is 5.31. The summed E-state index contributed by atoms with van der Waals surface area (Å²) in [4.78, 5) is 19.6. The van der Waals surface area contributed by atoms with Crippen molar-refractivity contribution in [2.75, 3.05) is 14.2 Å². The third kappa shape index (κ3) is 2.83. The lowest BCUT2D eigenvalue weighted by molar-refractivity contribution is 0.0600. The molecule has 1 aliphatic rings. The van der Waals surface area contributed by atoms with Gasteiger partial charge in [-0.15, -0.1) is 0 Å². The average molecular weight is 350 g/mol. The smallest absolute Gasteiger partial charge is 0.339 e. The van der Waals surface area contributed by atoms with Crippen molar-refractivity contribution in [1.82, 2.24) is 9.97 Å². The molecular formula is C21H22N2O3. The van der Waals surface area contributed by atoms with E-state index < -0.39 is 0 Å². The fourth-order valence-electron chi connectivity index (χ4n) is 3.52. The highest BCUT2D eigenvalue weighted by molar-refractivity contribution is 5.89. The van der Waals surface area contributed by atoms with Gasteiger partial charge in [0.2, 0.25) is 0 Å². The van der Waals surface area contributed by atoms with Gasteiger partial charge in [0.15, 0.2) is 0 Å². The second kappa shape index (κ2) is 6.16. The van der Waals surface area contributed by atoms with Crippen LogP contribution in [0, 0.1) is 0 Å². The van der Waals surface area contributed by atoms with Gasteiger partial charge in [0.05, 0.1) is 19.8 Å². The van der Waals surface area contributed by atoms with E-state index in [9.17, 15) is 4.79 Å². The minimum Gasteiger partial charge on any atom is -0.497 e. The molecule has 0 atom stereocenters. The van der Waals surface area contributed by atoms with Gasteiger partial charge in [-0.25, -0.2) is 4.79 Å². The van der Waals surface area contributed by atoms with Crippen LogP contribution in [0.4, 0.5) is 0 Å². The lowest BCUT2D eigenvalue weighted by Gasteiger charge is -2.11. The van der Waals surface area contributed by atoms with Crippen molar-refractivity contribution in [3.8, 4) is 5.75 Å². The first kappa shape index (κ1) is 16.6. The maximum absolute atomic E-state index is 11.8. The third-order valence-corrected chi connectivity index (χ3v) is 5.31. The number of rotatable bonds is 5. The number of fused-ring (bicyclic) bond motifs is 1. The summed E-state index contributed by atoms with van der Waals surface area (Å²) in [6.07, 6.45) is 6.44. The van der Waals surface area contributed by atoms with Crippen molar-refractivity contribution in [2.24, 2.45) is 0 Å². The molecule has 5 nitrogen and oxygen atoms in total. The summed E-state index contributed by atoms with van der Waals surface area (Å²) < 4.78 is 10.2. The van der Waals surface area contributed by atoms with Crippen LogP contribution in [0.5, 0.6) is 5.75 Å². The number of carbonyl (C=O) groups excluding carboxylic acids is 1. The van der Waals surface area contributed by atoms with E-state index >= 15 is 0 Å². The van der Waals surface area contributed by atoms with Gasteiger partial charge in [-0.1, -0.05) is 6.92 Å². The predicted octanol–water partition coefficient (Wildman–Crippen LogP) is 4.00. The van der Waals surface area contributed by atoms with Gasteiger partial charge < -0.3 is 14.5 Å². The van der Waals surface area contributed by atoms with E-state index in [1.165, 1.54) is 36.6 Å². The monoisotopic (exact) mass is 350 g/mol. The number of aromatic nitrogens is 2. The van der Waals surface area contributed by atoms with E-state index in [0.717, 1.165) is 23.3 Å². The van der Waals surface area contributed by atoms with Crippen molar-refractivity contribution in [3.63, 3.8) is 0 Å². The molecule has 0 amide bonds. The summed E-state index contributed by atoms with van der Waals surface area (Å²) in [6.45, 7) is 2.29. The molecule has 4 rings (SSSR count). The van der Waals surface area contributed by atoms with E-state index in [1.807, 2.05) is 24.4 Å². The van der Waals surface area contributed by atoms with E-state index in [0.29, 0.717) is 5.56 Å². The molecule has 2 heterocycles. The number of pyridine rings is 1. The van der Waals surface area contributed by atoms with Gasteiger partial charge in [0.1, 0.15) is 5.75 Å². The normalized spacial score (nSPS) is 15.0. The van der Waals surface area contributed by atoms with Gasteiger partial charge in [-0.3, -0.25) is 4.98 Å². The second-order valence-electron chi connectivity index (χ2n) is 7.20. The first-order chi connectivity index (χ1) is 12.5. The first-order valence-corrected chi connectivity index (χ1v) is 8.75. The number of methoxy groups -OCH3 is 2. The molecule has 134 valence electrons. The minimum atomic E-state index is -0.364. The fraction of sp³-hybridized carbons (Fsp3) is 0.333. The van der Waals surface area contributed by atoms with Crippen LogP contribution in [0.3, 0.4) is 0 Å². The van der Waals surface area contributed by atoms with Gasteiger partial charge in [0, 0.05) is 46.9 Å². The number of esters is 1. The highest BCUT2D eigenvalue weighted by Crippen LogP contribution is 2.50. The predicted molar refractivity (Wildman–Crippen MR) is 99.8 cm³/mol. The number of nitrogens with zero attached hydrogens (tertiary/aromatic N) is 1. The molecule has 1 aliphatic carbocycles. The molecule has 0 bridgehead atoms. The summed E-state index contributed by atoms with van der Waals surface area (Å²) in [5, 5.41) is 1.19. The molecule has 0 saturated heterocycles. The lowest BCUT2D eigenvalue weighted by atomic mass is 9.95. The molecule has 5 heteroatoms. The Kier molecular flexibility index (Phi) is 3.94. The highest BCUT2D eigenvalue weighted by atomic mass is 16.5. The van der Waals surface area contributed by atoms with Gasteiger partial charge >= 0.3 is 5.97 Å². The van der Waals surface area contributed by atoms with E-state index in [4.69, 9.17) is 9.47 Å². The van der Waals surface area contributed by atoms with Crippen LogP contribution in [0.15, 0.2) is 36.7 Å². The van der Waals surface area contributed by atoms with E-state index in [1.54, 1.807) is 13.3 Å². The zero-order chi connectivity index (χ0) is 18.3. The molecule has 0 aliphatic heterocycles. The van der Waals surface area contributed by atoms with Crippen molar-refractivity contribution in [2.45, 2.75) is 31.6 Å². The first-order valence-electron chi connectivity index (χ1n) is 8.75. The number of hydrogen-bond acceptors (Lipinski definition) is 4. The molecule has 1 aromatic carbocycles. The van der Waals surface area contributed by atoms with Crippen molar-refractivity contribution >= 4 is 16.9 Å². The Balaban J connectivity index is 1.79. The Morgan fingerprint density at radius 2 is 2.04 bits per heavy atom. The minimum absolute atomic E-state index is 0.203. The summed E-state index contributed by atoms with van der Waals surface area (Å²) in [7, 11) is 3.06. The van der Waals surface area contributed by atoms with Gasteiger partial charge in [0.25, 0.3) is 0 Å². The Labute approximate surface area is 152 Å². The molecule has 0 radical (unpaired) electrons. The Morgan fingerprint density at radius 3 is 2.73 bits per heavy atom. The van der Waals surface area contributed by atoms with Crippen LogP contribution < -0.4 is 4.74 Å². The van der Waals surface area contributed by atoms with Crippen LogP contribution in [0.1, 0.15) is 46.9 Å². The Morgan fingerprint density at radius 1 is 1.23 bits per heavy atom. The quantitative estimate of drug-likeness (QED) is 0.707. The van der Waals surface area contributed by atoms with Crippen molar-refractivity contribution in [1.29, 1.82) is 0 Å². The molecule has 3 aromatic rings. The third-order valence-electron chi connectivity index (χ3n) is 5.31. The number of ether oxygens (including phenoxy) is 2. The highest BCUT2D eigenvalue weighted by Gasteiger charge is 2.42. The van der Waals surface area contributed by atoms with E-state index in [-0.39, 0.29) is 11.4 Å². The topological polar surface area (TPSA) is 64.2 Å². The summed E-state index contributed by atoms with van der Waals surface area (Å²) in [5.74, 6) is 0.476. The fourth-order valence-corrected chi connectivity index (χ4v) is 3.52. The lowest BCUT2D eigenvalue weighted by Crippen LogP contribution is -2.06. The number of H-pyrrole nitrogens is 1. The molecule has 1 fully saturated rings. The maximum Gasteiger partial charge on any atom is 0.339 e. The molecular weight excluding hydrogens is 328 g/mol. The van der Waals surface area contributed by atoms with Crippen LogP contribution >= 0.6 is 0 Å². The molecule has 1 N–H and O–H groups in total. The van der Waals surface area contributed by atoms with Gasteiger partial charge in [-0.2, -0.15) is 0 Å². The van der Waals surface area contributed by atoms with Crippen LogP contribution in [0.2, 0.25) is 0 Å². The Bertz CT molecular complexity index is 986. The Hall–Kier alpha value is -2.82. The maximum atomic E-state index is 11.8. The molecule has 26 heavy (non-hydrogen) atoms. The zero-order valence-corrected chi connectivity index (χ0v) is 15.3. The van der Waals surface area contributed by atoms with Crippen molar-refractivity contribution < 1.29 is 14.3 Å². The standard InChI is InChI=1S/C21H22N2O3/c1-21(6-7-21)19-17(16-5-4-15(25-2)10-18(16)23-19)9-13-8-14(12-22-11-13)20(24)26-3/h4-5,8,10-12,23H,6-7,9H2,1-3H3. The second-order valence-corrected chi connectivity index (χ2v) is 7.20. The number of aromatic amines is 1. The SMILES string of the molecule is COC(=O)c1cncc(Cc2c(C3(C)CC3)[nH]c3cc(OC)ccc23)c1.